The summed E-state index contributed by atoms with van der Waals surface area (Å²) in [5.41, 5.74) is 4.96. The highest BCUT2D eigenvalue weighted by Crippen LogP contribution is 2.18. The Morgan fingerprint density at radius 2 is 1.73 bits per heavy atom. The number of carbonyl (C=O) groups is 1. The molecule has 1 N–H and O–H groups in total. The maximum absolute atomic E-state index is 13.0. The van der Waals surface area contributed by atoms with Gasteiger partial charge in [-0.2, -0.15) is 5.10 Å². The van der Waals surface area contributed by atoms with Crippen LogP contribution in [0.4, 0.5) is 0 Å². The third-order valence-corrected chi connectivity index (χ3v) is 5.54. The van der Waals surface area contributed by atoms with Crippen LogP contribution in [0.15, 0.2) is 60.8 Å². The van der Waals surface area contributed by atoms with E-state index in [0.29, 0.717) is 5.56 Å². The van der Waals surface area contributed by atoms with Gasteiger partial charge in [-0.15, -0.1) is 0 Å². The van der Waals surface area contributed by atoms with Gasteiger partial charge in [0.25, 0.3) is 5.91 Å². The SMILES string of the molecule is Cc1ccc([C@H](CN2CCOCC2)NC(=O)c2ccc(-n3nccc3C)cc2)cc1. The molecule has 30 heavy (non-hydrogen) atoms. The van der Waals surface area contributed by atoms with Crippen LogP contribution in [0.3, 0.4) is 0 Å². The maximum atomic E-state index is 13.0. The molecule has 1 fully saturated rings. The molecule has 2 heterocycles. The molecule has 1 aliphatic rings. The van der Waals surface area contributed by atoms with E-state index < -0.39 is 0 Å². The van der Waals surface area contributed by atoms with Crippen LogP contribution in [0.1, 0.15) is 33.2 Å². The van der Waals surface area contributed by atoms with Gasteiger partial charge in [0.15, 0.2) is 0 Å². The van der Waals surface area contributed by atoms with Crippen LogP contribution < -0.4 is 5.32 Å². The van der Waals surface area contributed by atoms with Gasteiger partial charge in [0, 0.05) is 37.1 Å². The van der Waals surface area contributed by atoms with E-state index in [9.17, 15) is 4.79 Å². The van der Waals surface area contributed by atoms with Gasteiger partial charge in [-0.1, -0.05) is 29.8 Å². The van der Waals surface area contributed by atoms with Gasteiger partial charge in [-0.25, -0.2) is 4.68 Å². The van der Waals surface area contributed by atoms with Crippen molar-refractivity contribution in [1.82, 2.24) is 20.0 Å². The number of hydrogen-bond donors (Lipinski definition) is 1. The Balaban J connectivity index is 1.50. The number of nitrogens with zero attached hydrogens (tertiary/aromatic N) is 3. The largest absolute Gasteiger partial charge is 0.379 e. The quantitative estimate of drug-likeness (QED) is 0.685. The van der Waals surface area contributed by atoms with Gasteiger partial charge in [0.05, 0.1) is 24.9 Å². The number of amides is 1. The first-order valence-electron chi connectivity index (χ1n) is 10.4. The number of carbonyl (C=O) groups excluding carboxylic acids is 1. The van der Waals surface area contributed by atoms with Gasteiger partial charge >= 0.3 is 0 Å². The van der Waals surface area contributed by atoms with E-state index >= 15 is 0 Å². The van der Waals surface area contributed by atoms with Crippen molar-refractivity contribution in [2.75, 3.05) is 32.8 Å². The molecule has 1 saturated heterocycles. The molecular formula is C24H28N4O2. The summed E-state index contributed by atoms with van der Waals surface area (Å²) in [6.07, 6.45) is 1.77. The molecule has 156 valence electrons. The molecule has 0 bridgehead atoms. The third-order valence-electron chi connectivity index (χ3n) is 5.54. The van der Waals surface area contributed by atoms with Gasteiger partial charge in [0.1, 0.15) is 0 Å². The fourth-order valence-electron chi connectivity index (χ4n) is 3.71. The zero-order valence-electron chi connectivity index (χ0n) is 17.5. The highest BCUT2D eigenvalue weighted by molar-refractivity contribution is 5.94. The predicted octanol–water partition coefficient (Wildman–Crippen LogP) is 3.29. The number of hydrogen-bond acceptors (Lipinski definition) is 4. The van der Waals surface area contributed by atoms with Gasteiger partial charge in [-0.3, -0.25) is 9.69 Å². The monoisotopic (exact) mass is 404 g/mol. The first kappa shape index (κ1) is 20.3. The van der Waals surface area contributed by atoms with E-state index in [1.54, 1.807) is 6.20 Å². The van der Waals surface area contributed by atoms with E-state index in [2.05, 4.69) is 46.5 Å². The molecule has 0 radical (unpaired) electrons. The van der Waals surface area contributed by atoms with Crippen LogP contribution in [0.5, 0.6) is 0 Å². The van der Waals surface area contributed by atoms with E-state index in [0.717, 1.165) is 49.8 Å². The number of aryl methyl sites for hydroxylation is 2. The number of ether oxygens (including phenoxy) is 1. The van der Waals surface area contributed by atoms with Crippen molar-refractivity contribution >= 4 is 5.91 Å². The second-order valence-electron chi connectivity index (χ2n) is 7.78. The lowest BCUT2D eigenvalue weighted by molar-refractivity contribution is 0.0332. The Morgan fingerprint density at radius 1 is 1.03 bits per heavy atom. The smallest absolute Gasteiger partial charge is 0.251 e. The van der Waals surface area contributed by atoms with Crippen molar-refractivity contribution < 1.29 is 9.53 Å². The number of rotatable bonds is 6. The minimum atomic E-state index is -0.0794. The normalized spacial score (nSPS) is 15.7. The lowest BCUT2D eigenvalue weighted by Crippen LogP contribution is -2.43. The second-order valence-corrected chi connectivity index (χ2v) is 7.78. The lowest BCUT2D eigenvalue weighted by Gasteiger charge is -2.31. The van der Waals surface area contributed by atoms with Crippen LogP contribution in [0.2, 0.25) is 0 Å². The fourth-order valence-corrected chi connectivity index (χ4v) is 3.71. The van der Waals surface area contributed by atoms with Crippen LogP contribution >= 0.6 is 0 Å². The number of benzene rings is 2. The molecule has 1 amide bonds. The molecule has 2 aromatic carbocycles. The average molecular weight is 405 g/mol. The third kappa shape index (κ3) is 4.78. The summed E-state index contributed by atoms with van der Waals surface area (Å²) in [6.45, 7) is 8.09. The van der Waals surface area contributed by atoms with E-state index in [4.69, 9.17) is 4.74 Å². The molecule has 1 atom stereocenters. The first-order chi connectivity index (χ1) is 14.6. The van der Waals surface area contributed by atoms with Gasteiger partial charge < -0.3 is 10.1 Å². The summed E-state index contributed by atoms with van der Waals surface area (Å²) < 4.78 is 7.32. The second kappa shape index (κ2) is 9.24. The zero-order chi connectivity index (χ0) is 20.9. The lowest BCUT2D eigenvalue weighted by atomic mass is 10.0. The molecule has 4 rings (SSSR count). The molecule has 0 spiro atoms. The fraction of sp³-hybridized carbons (Fsp3) is 0.333. The van der Waals surface area contributed by atoms with Crippen LogP contribution in [0.25, 0.3) is 5.69 Å². The Hall–Kier alpha value is -2.96. The van der Waals surface area contributed by atoms with E-state index in [1.807, 2.05) is 41.9 Å². The zero-order valence-corrected chi connectivity index (χ0v) is 17.5. The number of morpholine rings is 1. The molecule has 3 aromatic rings. The van der Waals surface area contributed by atoms with Crippen LogP contribution in [-0.4, -0.2) is 53.4 Å². The topological polar surface area (TPSA) is 59.4 Å². The highest BCUT2D eigenvalue weighted by Gasteiger charge is 2.21. The predicted molar refractivity (Wildman–Crippen MR) is 117 cm³/mol. The summed E-state index contributed by atoms with van der Waals surface area (Å²) in [5, 5.41) is 7.56. The molecule has 6 nitrogen and oxygen atoms in total. The van der Waals surface area contributed by atoms with E-state index in [-0.39, 0.29) is 11.9 Å². The van der Waals surface area contributed by atoms with Crippen molar-refractivity contribution in [2.45, 2.75) is 19.9 Å². The van der Waals surface area contributed by atoms with Crippen LogP contribution in [-0.2, 0) is 4.74 Å². The number of nitrogens with one attached hydrogen (secondary N) is 1. The Morgan fingerprint density at radius 3 is 2.37 bits per heavy atom. The summed E-state index contributed by atoms with van der Waals surface area (Å²) in [7, 11) is 0. The molecular weight excluding hydrogens is 376 g/mol. The molecule has 1 aliphatic heterocycles. The van der Waals surface area contributed by atoms with Crippen LogP contribution in [0, 0.1) is 13.8 Å². The Kier molecular flexibility index (Phi) is 6.26. The summed E-state index contributed by atoms with van der Waals surface area (Å²) >= 11 is 0. The minimum Gasteiger partial charge on any atom is -0.379 e. The molecule has 0 saturated carbocycles. The number of aromatic nitrogens is 2. The van der Waals surface area contributed by atoms with Crippen molar-refractivity contribution in [2.24, 2.45) is 0 Å². The molecule has 1 aromatic heterocycles. The Labute approximate surface area is 177 Å². The Bertz CT molecular complexity index is 973. The standard InChI is InChI=1S/C24H28N4O2/c1-18-3-5-20(6-4-18)23(17-27-13-15-30-16-14-27)26-24(29)21-7-9-22(10-8-21)28-19(2)11-12-25-28/h3-12,23H,13-17H2,1-2H3,(H,26,29)/t23-/m0/s1. The summed E-state index contributed by atoms with van der Waals surface area (Å²) in [5.74, 6) is -0.0717. The van der Waals surface area contributed by atoms with Crippen molar-refractivity contribution in [3.05, 3.63) is 83.2 Å². The van der Waals surface area contributed by atoms with Crippen molar-refractivity contribution in [1.29, 1.82) is 0 Å². The summed E-state index contributed by atoms with van der Waals surface area (Å²) in [6, 6.07) is 17.8. The molecule has 6 heteroatoms. The molecule has 0 unspecified atom stereocenters. The van der Waals surface area contributed by atoms with Crippen molar-refractivity contribution in [3.63, 3.8) is 0 Å². The average Bonchev–Trinajstić information content (AvgIpc) is 3.20. The van der Waals surface area contributed by atoms with E-state index in [1.165, 1.54) is 5.56 Å². The van der Waals surface area contributed by atoms with Crippen molar-refractivity contribution in [3.8, 4) is 5.69 Å². The first-order valence-corrected chi connectivity index (χ1v) is 10.4. The molecule has 0 aliphatic carbocycles. The van der Waals surface area contributed by atoms with Gasteiger partial charge in [-0.05, 0) is 49.7 Å². The summed E-state index contributed by atoms with van der Waals surface area (Å²) in [4.78, 5) is 15.4. The minimum absolute atomic E-state index is 0.0717. The highest BCUT2D eigenvalue weighted by atomic mass is 16.5. The maximum Gasteiger partial charge on any atom is 0.251 e. The van der Waals surface area contributed by atoms with Gasteiger partial charge in [0.2, 0.25) is 0 Å².